The SMILES string of the molecule is COCCN(C1CC1)C(CN)c1ccc(Br)o1. The van der Waals surface area contributed by atoms with Gasteiger partial charge in [-0.1, -0.05) is 0 Å². The Morgan fingerprint density at radius 2 is 2.35 bits per heavy atom. The molecule has 0 bridgehead atoms. The van der Waals surface area contributed by atoms with Crippen LogP contribution in [0.4, 0.5) is 0 Å². The average molecular weight is 303 g/mol. The Kier molecular flexibility index (Phi) is 4.62. The van der Waals surface area contributed by atoms with Crippen LogP contribution in [0.2, 0.25) is 0 Å². The fourth-order valence-electron chi connectivity index (χ4n) is 2.12. The number of hydrogen-bond donors (Lipinski definition) is 1. The standard InChI is InChI=1S/C12H19BrN2O2/c1-16-7-6-15(9-2-3-9)10(8-14)11-4-5-12(13)17-11/h4-5,9-10H,2-3,6-8,14H2,1H3. The summed E-state index contributed by atoms with van der Waals surface area (Å²) < 4.78 is 11.6. The highest BCUT2D eigenvalue weighted by Gasteiger charge is 2.34. The quantitative estimate of drug-likeness (QED) is 0.838. The zero-order valence-electron chi connectivity index (χ0n) is 10.1. The summed E-state index contributed by atoms with van der Waals surface area (Å²) >= 11 is 3.33. The number of hydrogen-bond acceptors (Lipinski definition) is 4. The summed E-state index contributed by atoms with van der Waals surface area (Å²) in [4.78, 5) is 2.40. The van der Waals surface area contributed by atoms with E-state index in [2.05, 4.69) is 20.8 Å². The predicted molar refractivity (Wildman–Crippen MR) is 69.8 cm³/mol. The summed E-state index contributed by atoms with van der Waals surface area (Å²) in [5.74, 6) is 0.933. The van der Waals surface area contributed by atoms with Gasteiger partial charge in [-0.15, -0.1) is 0 Å². The molecule has 0 radical (unpaired) electrons. The van der Waals surface area contributed by atoms with Crippen LogP contribution in [-0.2, 0) is 4.74 Å². The maximum Gasteiger partial charge on any atom is 0.169 e. The third-order valence-electron chi connectivity index (χ3n) is 3.12. The van der Waals surface area contributed by atoms with Gasteiger partial charge in [0.25, 0.3) is 0 Å². The van der Waals surface area contributed by atoms with Gasteiger partial charge in [-0.2, -0.15) is 0 Å². The van der Waals surface area contributed by atoms with E-state index in [-0.39, 0.29) is 6.04 Å². The normalized spacial score (nSPS) is 17.6. The lowest BCUT2D eigenvalue weighted by molar-refractivity contribution is 0.106. The van der Waals surface area contributed by atoms with Crippen LogP contribution in [0.1, 0.15) is 24.6 Å². The van der Waals surface area contributed by atoms with Gasteiger partial charge < -0.3 is 14.9 Å². The highest BCUT2D eigenvalue weighted by molar-refractivity contribution is 9.10. The Hall–Kier alpha value is -0.360. The van der Waals surface area contributed by atoms with Gasteiger partial charge in [0.05, 0.1) is 12.6 Å². The van der Waals surface area contributed by atoms with E-state index >= 15 is 0 Å². The first-order chi connectivity index (χ1) is 8.26. The van der Waals surface area contributed by atoms with Crippen molar-refractivity contribution in [3.05, 3.63) is 22.6 Å². The van der Waals surface area contributed by atoms with Gasteiger partial charge in [0.1, 0.15) is 5.76 Å². The van der Waals surface area contributed by atoms with Crippen molar-refractivity contribution in [2.75, 3.05) is 26.8 Å². The summed E-state index contributed by atoms with van der Waals surface area (Å²) in [6.07, 6.45) is 2.50. The van der Waals surface area contributed by atoms with Crippen molar-refractivity contribution in [3.63, 3.8) is 0 Å². The molecule has 1 saturated carbocycles. The number of ether oxygens (including phenoxy) is 1. The molecule has 5 heteroatoms. The molecule has 1 unspecified atom stereocenters. The largest absolute Gasteiger partial charge is 0.453 e. The molecule has 0 saturated heterocycles. The van der Waals surface area contributed by atoms with Crippen molar-refractivity contribution in [1.82, 2.24) is 4.90 Å². The van der Waals surface area contributed by atoms with Crippen molar-refractivity contribution >= 4 is 15.9 Å². The van der Waals surface area contributed by atoms with Crippen molar-refractivity contribution in [3.8, 4) is 0 Å². The first kappa shape index (κ1) is 13.1. The molecule has 0 aliphatic heterocycles. The van der Waals surface area contributed by atoms with E-state index < -0.39 is 0 Å². The van der Waals surface area contributed by atoms with Crippen LogP contribution in [0.5, 0.6) is 0 Å². The third kappa shape index (κ3) is 3.31. The molecule has 1 aliphatic carbocycles. The highest BCUT2D eigenvalue weighted by Crippen LogP contribution is 2.34. The van der Waals surface area contributed by atoms with Gasteiger partial charge in [0.2, 0.25) is 0 Å². The van der Waals surface area contributed by atoms with Crippen LogP contribution in [0.3, 0.4) is 0 Å². The van der Waals surface area contributed by atoms with E-state index in [9.17, 15) is 0 Å². The fourth-order valence-corrected chi connectivity index (χ4v) is 2.44. The van der Waals surface area contributed by atoms with Gasteiger partial charge in [-0.3, -0.25) is 4.90 Å². The molecule has 1 fully saturated rings. The first-order valence-electron chi connectivity index (χ1n) is 5.96. The molecule has 1 aliphatic rings. The van der Waals surface area contributed by atoms with Gasteiger partial charge in [0.15, 0.2) is 4.67 Å². The molecule has 2 rings (SSSR count). The Morgan fingerprint density at radius 3 is 2.82 bits per heavy atom. The molecule has 0 aromatic carbocycles. The Balaban J connectivity index is 2.08. The maximum absolute atomic E-state index is 5.89. The van der Waals surface area contributed by atoms with E-state index in [1.165, 1.54) is 12.8 Å². The first-order valence-corrected chi connectivity index (χ1v) is 6.75. The molecular formula is C12H19BrN2O2. The third-order valence-corrected chi connectivity index (χ3v) is 3.54. The Labute approximate surface area is 110 Å². The number of rotatable bonds is 7. The molecule has 1 aromatic heterocycles. The van der Waals surface area contributed by atoms with Crippen LogP contribution in [0.15, 0.2) is 21.2 Å². The minimum Gasteiger partial charge on any atom is -0.453 e. The van der Waals surface area contributed by atoms with Crippen LogP contribution < -0.4 is 5.73 Å². The van der Waals surface area contributed by atoms with Crippen molar-refractivity contribution in [1.29, 1.82) is 0 Å². The topological polar surface area (TPSA) is 51.6 Å². The number of furan rings is 1. The van der Waals surface area contributed by atoms with Gasteiger partial charge >= 0.3 is 0 Å². The summed E-state index contributed by atoms with van der Waals surface area (Å²) in [5, 5.41) is 0. The van der Waals surface area contributed by atoms with Crippen LogP contribution >= 0.6 is 15.9 Å². The van der Waals surface area contributed by atoms with Crippen molar-refractivity contribution in [2.24, 2.45) is 5.73 Å². The zero-order chi connectivity index (χ0) is 12.3. The monoisotopic (exact) mass is 302 g/mol. The number of methoxy groups -OCH3 is 1. The van der Waals surface area contributed by atoms with Crippen LogP contribution in [0.25, 0.3) is 0 Å². The minimum atomic E-state index is 0.156. The summed E-state index contributed by atoms with van der Waals surface area (Å²) in [5.41, 5.74) is 5.89. The van der Waals surface area contributed by atoms with E-state index in [1.54, 1.807) is 7.11 Å². The molecule has 96 valence electrons. The van der Waals surface area contributed by atoms with Crippen molar-refractivity contribution in [2.45, 2.75) is 24.9 Å². The molecule has 2 N–H and O–H groups in total. The fraction of sp³-hybridized carbons (Fsp3) is 0.667. The van der Waals surface area contributed by atoms with Crippen LogP contribution in [0, 0.1) is 0 Å². The number of nitrogens with two attached hydrogens (primary N) is 1. The van der Waals surface area contributed by atoms with Crippen LogP contribution in [-0.4, -0.2) is 37.7 Å². The van der Waals surface area contributed by atoms with Gasteiger partial charge in [0, 0.05) is 26.2 Å². The lowest BCUT2D eigenvalue weighted by Gasteiger charge is -2.29. The smallest absolute Gasteiger partial charge is 0.169 e. The number of halogens is 1. The maximum atomic E-state index is 5.89. The molecule has 1 aromatic rings. The number of nitrogens with zero attached hydrogens (tertiary/aromatic N) is 1. The average Bonchev–Trinajstić information content (AvgIpc) is 3.08. The molecule has 1 heterocycles. The van der Waals surface area contributed by atoms with Gasteiger partial charge in [-0.05, 0) is 40.9 Å². The summed E-state index contributed by atoms with van der Waals surface area (Å²) in [6.45, 7) is 2.20. The molecule has 4 nitrogen and oxygen atoms in total. The molecule has 1 atom stereocenters. The lowest BCUT2D eigenvalue weighted by atomic mass is 10.2. The molecule has 0 spiro atoms. The predicted octanol–water partition coefficient (Wildman–Crippen LogP) is 2.15. The zero-order valence-corrected chi connectivity index (χ0v) is 11.6. The summed E-state index contributed by atoms with van der Waals surface area (Å²) in [7, 11) is 1.73. The van der Waals surface area contributed by atoms with E-state index in [4.69, 9.17) is 14.9 Å². The lowest BCUT2D eigenvalue weighted by Crippen LogP contribution is -2.37. The molecule has 17 heavy (non-hydrogen) atoms. The molecule has 0 amide bonds. The highest BCUT2D eigenvalue weighted by atomic mass is 79.9. The van der Waals surface area contributed by atoms with E-state index in [0.717, 1.165) is 23.6 Å². The van der Waals surface area contributed by atoms with E-state index in [0.29, 0.717) is 12.6 Å². The van der Waals surface area contributed by atoms with Crippen molar-refractivity contribution < 1.29 is 9.15 Å². The Morgan fingerprint density at radius 1 is 1.59 bits per heavy atom. The van der Waals surface area contributed by atoms with Gasteiger partial charge in [-0.25, -0.2) is 0 Å². The Bertz CT molecular complexity index is 352. The van der Waals surface area contributed by atoms with E-state index in [1.807, 2.05) is 12.1 Å². The second kappa shape index (κ2) is 6.00. The second-order valence-electron chi connectivity index (χ2n) is 4.36. The molecular weight excluding hydrogens is 284 g/mol. The summed E-state index contributed by atoms with van der Waals surface area (Å²) in [6, 6.07) is 4.70. The second-order valence-corrected chi connectivity index (χ2v) is 5.14. The minimum absolute atomic E-state index is 0.156.